The molecule has 2 aromatic heterocycles. The van der Waals surface area contributed by atoms with Crippen LogP contribution in [0.5, 0.6) is 0 Å². The second-order valence-corrected chi connectivity index (χ2v) is 9.96. The number of fused-ring (bicyclic) bond motifs is 2. The molecule has 1 unspecified atom stereocenters. The molecule has 1 aliphatic carbocycles. The standard InChI is InChI=1S/C29H30N6O4/c1-39-33-28(38)25-16-35(22-10-7-18-4-2-5-19(18)14-22)27-24(26(25)37)15-30-29(32-27)31-20-8-11-21(12-9-20)34-13-3-6-23(34)17-36/h7-12,14-16,23,36H,2-6,13,17H2,1H3,(H,33,38)(H,30,31,32). The van der Waals surface area contributed by atoms with Gasteiger partial charge in [-0.1, -0.05) is 6.07 Å². The number of aromatic nitrogens is 3. The Hall–Kier alpha value is -4.28. The number of benzene rings is 2. The summed E-state index contributed by atoms with van der Waals surface area (Å²) in [5, 5.41) is 13.1. The van der Waals surface area contributed by atoms with Crippen molar-refractivity contribution in [3.63, 3.8) is 0 Å². The molecule has 1 fully saturated rings. The van der Waals surface area contributed by atoms with Gasteiger partial charge in [-0.05, 0) is 79.6 Å². The molecule has 0 spiro atoms. The van der Waals surface area contributed by atoms with Gasteiger partial charge in [-0.3, -0.25) is 14.4 Å². The lowest BCUT2D eigenvalue weighted by Gasteiger charge is -2.25. The van der Waals surface area contributed by atoms with E-state index in [0.717, 1.165) is 55.7 Å². The van der Waals surface area contributed by atoms with Crippen LogP contribution in [-0.2, 0) is 17.7 Å². The molecule has 1 amide bonds. The number of aliphatic hydroxyl groups is 1. The lowest BCUT2D eigenvalue weighted by molar-refractivity contribution is 0.0536. The van der Waals surface area contributed by atoms with Gasteiger partial charge in [-0.2, -0.15) is 4.98 Å². The highest BCUT2D eigenvalue weighted by Gasteiger charge is 2.24. The number of hydroxylamine groups is 1. The molecular weight excluding hydrogens is 496 g/mol. The number of nitrogens with one attached hydrogen (secondary N) is 2. The fourth-order valence-corrected chi connectivity index (χ4v) is 5.62. The first-order valence-electron chi connectivity index (χ1n) is 13.2. The maximum absolute atomic E-state index is 13.2. The van der Waals surface area contributed by atoms with Gasteiger partial charge in [0, 0.05) is 36.0 Å². The van der Waals surface area contributed by atoms with Crippen molar-refractivity contribution in [1.29, 1.82) is 0 Å². The predicted molar refractivity (Wildman–Crippen MR) is 149 cm³/mol. The highest BCUT2D eigenvalue weighted by Crippen LogP contribution is 2.28. The third-order valence-electron chi connectivity index (χ3n) is 7.59. The minimum atomic E-state index is -0.636. The Morgan fingerprint density at radius 2 is 1.90 bits per heavy atom. The number of hydrogen-bond acceptors (Lipinski definition) is 8. The van der Waals surface area contributed by atoms with E-state index in [1.165, 1.54) is 30.6 Å². The van der Waals surface area contributed by atoms with E-state index in [1.54, 1.807) is 4.57 Å². The Bertz CT molecular complexity index is 1600. The number of amides is 1. The van der Waals surface area contributed by atoms with Gasteiger partial charge >= 0.3 is 0 Å². The summed E-state index contributed by atoms with van der Waals surface area (Å²) >= 11 is 0. The van der Waals surface area contributed by atoms with E-state index in [2.05, 4.69) is 32.8 Å². The van der Waals surface area contributed by atoms with Gasteiger partial charge in [0.15, 0.2) is 5.65 Å². The zero-order valence-electron chi connectivity index (χ0n) is 21.7. The molecule has 0 saturated carbocycles. The highest BCUT2D eigenvalue weighted by atomic mass is 16.6. The van der Waals surface area contributed by atoms with Gasteiger partial charge in [-0.15, -0.1) is 0 Å². The van der Waals surface area contributed by atoms with Crippen molar-refractivity contribution in [3.05, 3.63) is 81.8 Å². The number of hydrogen-bond donors (Lipinski definition) is 3. The quantitative estimate of drug-likeness (QED) is 0.314. The first kappa shape index (κ1) is 25.0. The molecule has 2 aromatic carbocycles. The molecule has 10 nitrogen and oxygen atoms in total. The van der Waals surface area contributed by atoms with E-state index >= 15 is 0 Å². The molecule has 200 valence electrons. The first-order valence-corrected chi connectivity index (χ1v) is 13.2. The van der Waals surface area contributed by atoms with Crippen molar-refractivity contribution in [2.24, 2.45) is 0 Å². The molecular formula is C29H30N6O4. The Kier molecular flexibility index (Phi) is 6.72. The summed E-state index contributed by atoms with van der Waals surface area (Å²) < 4.78 is 1.76. The Balaban J connectivity index is 1.38. The summed E-state index contributed by atoms with van der Waals surface area (Å²) in [5.41, 5.74) is 7.34. The largest absolute Gasteiger partial charge is 0.394 e. The van der Waals surface area contributed by atoms with Crippen LogP contribution in [0.15, 0.2) is 59.7 Å². The topological polar surface area (TPSA) is 122 Å². The van der Waals surface area contributed by atoms with E-state index in [4.69, 9.17) is 9.82 Å². The van der Waals surface area contributed by atoms with E-state index in [0.29, 0.717) is 11.6 Å². The number of aryl methyl sites for hydroxylation is 2. The molecule has 6 rings (SSSR count). The van der Waals surface area contributed by atoms with Crippen LogP contribution in [0.2, 0.25) is 0 Å². The Morgan fingerprint density at radius 3 is 2.69 bits per heavy atom. The number of carbonyl (C=O) groups excluding carboxylic acids is 1. The Morgan fingerprint density at radius 1 is 1.10 bits per heavy atom. The zero-order chi connectivity index (χ0) is 26.9. The maximum Gasteiger partial charge on any atom is 0.280 e. The minimum Gasteiger partial charge on any atom is -0.394 e. The predicted octanol–water partition coefficient (Wildman–Crippen LogP) is 3.27. The number of rotatable bonds is 7. The van der Waals surface area contributed by atoms with Crippen LogP contribution in [-0.4, -0.2) is 51.9 Å². The van der Waals surface area contributed by atoms with Crippen LogP contribution < -0.4 is 21.1 Å². The summed E-state index contributed by atoms with van der Waals surface area (Å²) in [6, 6.07) is 14.2. The monoisotopic (exact) mass is 526 g/mol. The van der Waals surface area contributed by atoms with Gasteiger partial charge in [0.2, 0.25) is 11.4 Å². The van der Waals surface area contributed by atoms with E-state index < -0.39 is 11.3 Å². The number of carbonyl (C=O) groups is 1. The minimum absolute atomic E-state index is 0.0622. The second kappa shape index (κ2) is 10.5. The van der Waals surface area contributed by atoms with Crippen molar-refractivity contribution in [2.45, 2.75) is 38.1 Å². The van der Waals surface area contributed by atoms with Crippen LogP contribution >= 0.6 is 0 Å². The van der Waals surface area contributed by atoms with Gasteiger partial charge < -0.3 is 19.9 Å². The van der Waals surface area contributed by atoms with Crippen molar-refractivity contribution in [3.8, 4) is 5.69 Å². The highest BCUT2D eigenvalue weighted by molar-refractivity contribution is 5.96. The number of nitrogens with zero attached hydrogens (tertiary/aromatic N) is 4. The molecule has 3 N–H and O–H groups in total. The van der Waals surface area contributed by atoms with E-state index in [9.17, 15) is 14.7 Å². The van der Waals surface area contributed by atoms with Gasteiger partial charge in [-0.25, -0.2) is 10.5 Å². The smallest absolute Gasteiger partial charge is 0.280 e. The van der Waals surface area contributed by atoms with Crippen LogP contribution in [0.4, 0.5) is 17.3 Å². The molecule has 1 atom stereocenters. The third kappa shape index (κ3) is 4.73. The lowest BCUT2D eigenvalue weighted by Crippen LogP contribution is -2.31. The second-order valence-electron chi connectivity index (χ2n) is 9.96. The SMILES string of the molecule is CONC(=O)c1cn(-c2ccc3c(c2)CCC3)c2nc(Nc3ccc(N4CCCC4CO)cc3)ncc2c1=O. The first-order chi connectivity index (χ1) is 19.1. The molecule has 10 heteroatoms. The van der Waals surface area contributed by atoms with Crippen molar-refractivity contribution < 1.29 is 14.7 Å². The molecule has 3 heterocycles. The van der Waals surface area contributed by atoms with Gasteiger partial charge in [0.05, 0.1) is 25.1 Å². The van der Waals surface area contributed by atoms with Crippen LogP contribution in [0.1, 0.15) is 40.7 Å². The third-order valence-corrected chi connectivity index (χ3v) is 7.59. The molecule has 4 aromatic rings. The molecule has 1 aliphatic heterocycles. The van der Waals surface area contributed by atoms with Gasteiger partial charge in [0.25, 0.3) is 5.91 Å². The summed E-state index contributed by atoms with van der Waals surface area (Å²) in [5.74, 6) is -0.309. The molecule has 2 aliphatic rings. The maximum atomic E-state index is 13.2. The summed E-state index contributed by atoms with van der Waals surface area (Å²) in [7, 11) is 1.32. The summed E-state index contributed by atoms with van der Waals surface area (Å²) in [6.07, 6.45) is 8.17. The van der Waals surface area contributed by atoms with E-state index in [-0.39, 0.29) is 23.6 Å². The number of pyridine rings is 1. The number of aliphatic hydroxyl groups excluding tert-OH is 1. The fraction of sp³-hybridized carbons (Fsp3) is 0.310. The fourth-order valence-electron chi connectivity index (χ4n) is 5.62. The average Bonchev–Trinajstić information content (AvgIpc) is 3.63. The van der Waals surface area contributed by atoms with Crippen LogP contribution in [0.25, 0.3) is 16.7 Å². The summed E-state index contributed by atoms with van der Waals surface area (Å²) in [6.45, 7) is 1.07. The summed E-state index contributed by atoms with van der Waals surface area (Å²) in [4.78, 5) is 42.0. The molecule has 39 heavy (non-hydrogen) atoms. The van der Waals surface area contributed by atoms with Crippen molar-refractivity contribution in [2.75, 3.05) is 30.5 Å². The Labute approximate surface area is 225 Å². The average molecular weight is 527 g/mol. The molecule has 1 saturated heterocycles. The number of anilines is 3. The van der Waals surface area contributed by atoms with Crippen molar-refractivity contribution in [1.82, 2.24) is 20.0 Å². The molecule has 0 bridgehead atoms. The molecule has 0 radical (unpaired) electrons. The van der Waals surface area contributed by atoms with E-state index in [1.807, 2.05) is 30.3 Å². The van der Waals surface area contributed by atoms with Crippen LogP contribution in [0.3, 0.4) is 0 Å². The normalized spacial score (nSPS) is 16.5. The van der Waals surface area contributed by atoms with Crippen LogP contribution in [0, 0.1) is 0 Å². The lowest BCUT2D eigenvalue weighted by atomic mass is 10.1. The van der Waals surface area contributed by atoms with Crippen molar-refractivity contribution >= 4 is 34.3 Å². The van der Waals surface area contributed by atoms with Gasteiger partial charge in [0.1, 0.15) is 5.56 Å². The zero-order valence-corrected chi connectivity index (χ0v) is 21.7.